The van der Waals surface area contributed by atoms with Crippen LogP contribution >= 0.6 is 0 Å². The van der Waals surface area contributed by atoms with Crippen molar-refractivity contribution in [2.45, 2.75) is 37.8 Å². The van der Waals surface area contributed by atoms with Crippen molar-refractivity contribution in [2.75, 3.05) is 0 Å². The van der Waals surface area contributed by atoms with Crippen molar-refractivity contribution >= 4 is 11.9 Å². The number of aliphatic carboxylic acids is 1. The highest BCUT2D eigenvalue weighted by atomic mass is 16.4. The number of amides is 1. The van der Waals surface area contributed by atoms with Crippen molar-refractivity contribution in [1.29, 1.82) is 0 Å². The molecule has 0 aliphatic heterocycles. The second-order valence-corrected chi connectivity index (χ2v) is 4.79. The van der Waals surface area contributed by atoms with Crippen LogP contribution < -0.4 is 11.1 Å². The molecule has 1 amide bonds. The Morgan fingerprint density at radius 2 is 2.11 bits per heavy atom. The maximum atomic E-state index is 12.1. The maximum Gasteiger partial charge on any atom is 0.329 e. The first kappa shape index (κ1) is 13.5. The van der Waals surface area contributed by atoms with Gasteiger partial charge in [-0.25, -0.2) is 4.79 Å². The SMILES string of the molecule is NCc1cc(C(=O)NC2(C(=O)O)CCCC2)ccn1. The van der Waals surface area contributed by atoms with E-state index in [1.54, 1.807) is 12.1 Å². The van der Waals surface area contributed by atoms with E-state index in [1.807, 2.05) is 0 Å². The van der Waals surface area contributed by atoms with E-state index < -0.39 is 11.5 Å². The fourth-order valence-corrected chi connectivity index (χ4v) is 2.39. The zero-order valence-corrected chi connectivity index (χ0v) is 10.6. The van der Waals surface area contributed by atoms with Crippen molar-refractivity contribution in [3.63, 3.8) is 0 Å². The van der Waals surface area contributed by atoms with Gasteiger partial charge in [0.25, 0.3) is 5.91 Å². The molecule has 1 fully saturated rings. The molecule has 6 heteroatoms. The number of carboxylic acids is 1. The highest BCUT2D eigenvalue weighted by Gasteiger charge is 2.42. The van der Waals surface area contributed by atoms with Gasteiger partial charge in [-0.05, 0) is 25.0 Å². The lowest BCUT2D eigenvalue weighted by Crippen LogP contribution is -2.52. The number of nitrogens with one attached hydrogen (secondary N) is 1. The number of pyridine rings is 1. The van der Waals surface area contributed by atoms with Crippen LogP contribution in [-0.2, 0) is 11.3 Å². The summed E-state index contributed by atoms with van der Waals surface area (Å²) in [5, 5.41) is 12.0. The lowest BCUT2D eigenvalue weighted by molar-refractivity contribution is -0.144. The molecular formula is C13H17N3O3. The monoisotopic (exact) mass is 263 g/mol. The van der Waals surface area contributed by atoms with E-state index in [4.69, 9.17) is 5.73 Å². The Morgan fingerprint density at radius 1 is 1.42 bits per heavy atom. The van der Waals surface area contributed by atoms with Gasteiger partial charge >= 0.3 is 5.97 Å². The number of nitrogens with zero attached hydrogens (tertiary/aromatic N) is 1. The van der Waals surface area contributed by atoms with Crippen LogP contribution in [0.4, 0.5) is 0 Å². The summed E-state index contributed by atoms with van der Waals surface area (Å²) in [4.78, 5) is 27.5. The highest BCUT2D eigenvalue weighted by Crippen LogP contribution is 2.30. The van der Waals surface area contributed by atoms with Crippen molar-refractivity contribution in [3.8, 4) is 0 Å². The third-order valence-electron chi connectivity index (χ3n) is 3.51. The molecule has 0 aromatic carbocycles. The van der Waals surface area contributed by atoms with Crippen LogP contribution in [0.2, 0.25) is 0 Å². The van der Waals surface area contributed by atoms with Crippen LogP contribution in [0.1, 0.15) is 41.7 Å². The predicted octanol–water partition coefficient (Wildman–Crippen LogP) is 0.667. The molecule has 1 aromatic rings. The molecule has 102 valence electrons. The summed E-state index contributed by atoms with van der Waals surface area (Å²) in [6.45, 7) is 0.241. The Morgan fingerprint density at radius 3 is 2.68 bits per heavy atom. The van der Waals surface area contributed by atoms with Gasteiger partial charge < -0.3 is 16.2 Å². The van der Waals surface area contributed by atoms with Gasteiger partial charge in [0, 0.05) is 18.3 Å². The molecule has 19 heavy (non-hydrogen) atoms. The number of aromatic nitrogens is 1. The van der Waals surface area contributed by atoms with E-state index in [0.29, 0.717) is 24.1 Å². The third kappa shape index (κ3) is 2.73. The summed E-state index contributed by atoms with van der Waals surface area (Å²) in [6, 6.07) is 3.14. The van der Waals surface area contributed by atoms with E-state index in [2.05, 4.69) is 10.3 Å². The van der Waals surface area contributed by atoms with Gasteiger partial charge in [-0.15, -0.1) is 0 Å². The lowest BCUT2D eigenvalue weighted by Gasteiger charge is -2.25. The molecule has 0 atom stereocenters. The summed E-state index contributed by atoms with van der Waals surface area (Å²) in [7, 11) is 0. The van der Waals surface area contributed by atoms with Gasteiger partial charge in [-0.1, -0.05) is 12.8 Å². The van der Waals surface area contributed by atoms with Crippen molar-refractivity contribution in [1.82, 2.24) is 10.3 Å². The molecule has 0 radical (unpaired) electrons. The fourth-order valence-electron chi connectivity index (χ4n) is 2.39. The summed E-state index contributed by atoms with van der Waals surface area (Å²) in [5.41, 5.74) is 5.34. The number of nitrogens with two attached hydrogens (primary N) is 1. The number of carboxylic acid groups (broad SMARTS) is 1. The van der Waals surface area contributed by atoms with Crippen LogP contribution in [0.25, 0.3) is 0 Å². The summed E-state index contributed by atoms with van der Waals surface area (Å²) in [5.74, 6) is -1.35. The minimum atomic E-state index is -1.12. The molecule has 0 spiro atoms. The average Bonchev–Trinajstić information content (AvgIpc) is 2.88. The predicted molar refractivity (Wildman–Crippen MR) is 68.4 cm³/mol. The molecule has 1 aliphatic rings. The molecule has 6 nitrogen and oxygen atoms in total. The summed E-state index contributed by atoms with van der Waals surface area (Å²) in [6.07, 6.45) is 4.08. The molecule has 1 aliphatic carbocycles. The Bertz CT molecular complexity index is 496. The van der Waals surface area contributed by atoms with Crippen LogP contribution in [-0.4, -0.2) is 27.5 Å². The Hall–Kier alpha value is -1.95. The standard InChI is InChI=1S/C13H17N3O3/c14-8-10-7-9(3-6-15-10)11(17)16-13(12(18)19)4-1-2-5-13/h3,6-7H,1-2,4-5,8,14H2,(H,16,17)(H,18,19). The van der Waals surface area contributed by atoms with Crippen molar-refractivity contribution in [2.24, 2.45) is 5.73 Å². The van der Waals surface area contributed by atoms with Crippen LogP contribution in [0, 0.1) is 0 Å². The zero-order chi connectivity index (χ0) is 13.9. The molecule has 4 N–H and O–H groups in total. The fraction of sp³-hybridized carbons (Fsp3) is 0.462. The minimum Gasteiger partial charge on any atom is -0.480 e. The first-order valence-electron chi connectivity index (χ1n) is 6.28. The van der Waals surface area contributed by atoms with E-state index in [9.17, 15) is 14.7 Å². The lowest BCUT2D eigenvalue weighted by atomic mass is 9.97. The van der Waals surface area contributed by atoms with Gasteiger partial charge in [0.15, 0.2) is 0 Å². The molecule has 1 saturated carbocycles. The van der Waals surface area contributed by atoms with Gasteiger partial charge in [0.1, 0.15) is 5.54 Å². The largest absolute Gasteiger partial charge is 0.480 e. The van der Waals surface area contributed by atoms with Gasteiger partial charge in [-0.2, -0.15) is 0 Å². The smallest absolute Gasteiger partial charge is 0.329 e. The van der Waals surface area contributed by atoms with E-state index in [0.717, 1.165) is 12.8 Å². The normalized spacial score (nSPS) is 17.1. The first-order chi connectivity index (χ1) is 9.07. The second kappa shape index (κ2) is 5.36. The quantitative estimate of drug-likeness (QED) is 0.740. The Balaban J connectivity index is 2.17. The van der Waals surface area contributed by atoms with E-state index in [-0.39, 0.29) is 12.5 Å². The highest BCUT2D eigenvalue weighted by molar-refractivity contribution is 5.98. The Kier molecular flexibility index (Phi) is 3.80. The van der Waals surface area contributed by atoms with E-state index >= 15 is 0 Å². The third-order valence-corrected chi connectivity index (χ3v) is 3.51. The molecule has 0 unspecified atom stereocenters. The van der Waals surface area contributed by atoms with Gasteiger partial charge in [0.2, 0.25) is 0 Å². The topological polar surface area (TPSA) is 105 Å². The number of rotatable bonds is 4. The average molecular weight is 263 g/mol. The molecule has 1 heterocycles. The zero-order valence-electron chi connectivity index (χ0n) is 10.6. The Labute approximate surface area is 111 Å². The summed E-state index contributed by atoms with van der Waals surface area (Å²) >= 11 is 0. The van der Waals surface area contributed by atoms with Gasteiger partial charge in [0.05, 0.1) is 5.69 Å². The van der Waals surface area contributed by atoms with Crippen molar-refractivity contribution in [3.05, 3.63) is 29.6 Å². The molecular weight excluding hydrogens is 246 g/mol. The van der Waals surface area contributed by atoms with Gasteiger partial charge in [-0.3, -0.25) is 9.78 Å². The molecule has 0 bridgehead atoms. The maximum absolute atomic E-state index is 12.1. The van der Waals surface area contributed by atoms with Crippen LogP contribution in [0.15, 0.2) is 18.3 Å². The molecule has 2 rings (SSSR count). The summed E-state index contributed by atoms with van der Waals surface area (Å²) < 4.78 is 0. The van der Waals surface area contributed by atoms with E-state index in [1.165, 1.54) is 6.20 Å². The number of hydrogen-bond donors (Lipinski definition) is 3. The first-order valence-corrected chi connectivity index (χ1v) is 6.28. The number of carbonyl (C=O) groups excluding carboxylic acids is 1. The van der Waals surface area contributed by atoms with Crippen LogP contribution in [0.3, 0.4) is 0 Å². The number of carbonyl (C=O) groups is 2. The van der Waals surface area contributed by atoms with Crippen LogP contribution in [0.5, 0.6) is 0 Å². The molecule has 1 aromatic heterocycles. The second-order valence-electron chi connectivity index (χ2n) is 4.79. The number of hydrogen-bond acceptors (Lipinski definition) is 4. The molecule has 0 saturated heterocycles. The minimum absolute atomic E-state index is 0.241. The van der Waals surface area contributed by atoms with Crippen molar-refractivity contribution < 1.29 is 14.7 Å².